The van der Waals surface area contributed by atoms with Crippen molar-refractivity contribution in [1.82, 2.24) is 0 Å². The van der Waals surface area contributed by atoms with Gasteiger partial charge < -0.3 is 10.5 Å². The van der Waals surface area contributed by atoms with E-state index in [2.05, 4.69) is 19.1 Å². The van der Waals surface area contributed by atoms with E-state index in [0.29, 0.717) is 0 Å². The molecule has 19 heavy (non-hydrogen) atoms. The molecule has 1 atom stereocenters. The molecule has 0 aliphatic heterocycles. The second kappa shape index (κ2) is 9.85. The quantitative estimate of drug-likeness (QED) is 0.638. The van der Waals surface area contributed by atoms with Crippen molar-refractivity contribution in [2.24, 2.45) is 5.73 Å². The fourth-order valence-electron chi connectivity index (χ4n) is 2.39. The van der Waals surface area contributed by atoms with Crippen molar-refractivity contribution >= 4 is 0 Å². The van der Waals surface area contributed by atoms with E-state index in [4.69, 9.17) is 10.5 Å². The van der Waals surface area contributed by atoms with E-state index in [1.807, 2.05) is 12.1 Å². The van der Waals surface area contributed by atoms with E-state index in [1.165, 1.54) is 44.1 Å². The van der Waals surface area contributed by atoms with E-state index < -0.39 is 0 Å². The van der Waals surface area contributed by atoms with Crippen LogP contribution in [0.25, 0.3) is 0 Å². The summed E-state index contributed by atoms with van der Waals surface area (Å²) in [6.45, 7) is 2.25. The molecule has 0 saturated carbocycles. The van der Waals surface area contributed by atoms with E-state index in [1.54, 1.807) is 7.11 Å². The first-order valence-corrected chi connectivity index (χ1v) is 7.64. The molecule has 2 nitrogen and oxygen atoms in total. The number of ether oxygens (including phenoxy) is 1. The third-order valence-electron chi connectivity index (χ3n) is 3.56. The average molecular weight is 263 g/mol. The van der Waals surface area contributed by atoms with Gasteiger partial charge in [-0.2, -0.15) is 0 Å². The maximum Gasteiger partial charge on any atom is 0.119 e. The monoisotopic (exact) mass is 263 g/mol. The van der Waals surface area contributed by atoms with Gasteiger partial charge in [-0.1, -0.05) is 57.6 Å². The zero-order valence-corrected chi connectivity index (χ0v) is 12.5. The number of nitrogens with two attached hydrogens (primary N) is 1. The Morgan fingerprint density at radius 3 is 2.58 bits per heavy atom. The predicted octanol–water partition coefficient (Wildman–Crippen LogP) is 4.32. The van der Waals surface area contributed by atoms with Gasteiger partial charge in [-0.3, -0.25) is 0 Å². The Hall–Kier alpha value is -1.02. The average Bonchev–Trinajstić information content (AvgIpc) is 2.43. The van der Waals surface area contributed by atoms with Crippen LogP contribution in [0.1, 0.15) is 57.4 Å². The molecule has 0 aliphatic carbocycles. The van der Waals surface area contributed by atoms with Crippen molar-refractivity contribution in [2.45, 2.75) is 64.3 Å². The zero-order valence-electron chi connectivity index (χ0n) is 12.5. The van der Waals surface area contributed by atoms with Gasteiger partial charge in [0.05, 0.1) is 7.11 Å². The minimum absolute atomic E-state index is 0.276. The Labute approximate surface area is 118 Å². The highest BCUT2D eigenvalue weighted by Crippen LogP contribution is 2.15. The van der Waals surface area contributed by atoms with Gasteiger partial charge in [-0.25, -0.2) is 0 Å². The van der Waals surface area contributed by atoms with Crippen molar-refractivity contribution in [3.8, 4) is 5.75 Å². The predicted molar refractivity (Wildman–Crippen MR) is 82.7 cm³/mol. The summed E-state index contributed by atoms with van der Waals surface area (Å²) in [4.78, 5) is 0. The van der Waals surface area contributed by atoms with Crippen LogP contribution in [-0.2, 0) is 6.42 Å². The third-order valence-corrected chi connectivity index (χ3v) is 3.56. The highest BCUT2D eigenvalue weighted by molar-refractivity contribution is 5.28. The molecular weight excluding hydrogens is 234 g/mol. The van der Waals surface area contributed by atoms with E-state index >= 15 is 0 Å². The molecule has 0 heterocycles. The molecule has 0 amide bonds. The standard InChI is InChI=1S/C17H29NO/c1-3-4-5-6-7-8-11-16(18)13-15-10-9-12-17(14-15)19-2/h9-10,12,14,16H,3-8,11,13,18H2,1-2H3. The fraction of sp³-hybridized carbons (Fsp3) is 0.647. The number of hydrogen-bond donors (Lipinski definition) is 1. The van der Waals surface area contributed by atoms with Gasteiger partial charge in [0.2, 0.25) is 0 Å². The molecule has 0 aliphatic rings. The Morgan fingerprint density at radius 1 is 1.11 bits per heavy atom. The van der Waals surface area contributed by atoms with E-state index in [0.717, 1.165) is 18.6 Å². The zero-order chi connectivity index (χ0) is 13.9. The van der Waals surface area contributed by atoms with Crippen LogP contribution in [0.5, 0.6) is 5.75 Å². The second-order valence-electron chi connectivity index (χ2n) is 5.37. The molecule has 1 unspecified atom stereocenters. The summed E-state index contributed by atoms with van der Waals surface area (Å²) in [5.74, 6) is 0.921. The molecule has 0 radical (unpaired) electrons. The highest BCUT2D eigenvalue weighted by atomic mass is 16.5. The Morgan fingerprint density at radius 2 is 1.84 bits per heavy atom. The molecule has 0 spiro atoms. The van der Waals surface area contributed by atoms with E-state index in [9.17, 15) is 0 Å². The van der Waals surface area contributed by atoms with Crippen molar-refractivity contribution in [2.75, 3.05) is 7.11 Å². The minimum atomic E-state index is 0.276. The van der Waals surface area contributed by atoms with Crippen LogP contribution < -0.4 is 10.5 Å². The summed E-state index contributed by atoms with van der Waals surface area (Å²) in [7, 11) is 1.70. The van der Waals surface area contributed by atoms with Gasteiger partial charge in [0, 0.05) is 6.04 Å². The Bertz CT molecular complexity index is 338. The largest absolute Gasteiger partial charge is 0.497 e. The molecular formula is C17H29NO. The molecule has 0 bridgehead atoms. The molecule has 1 rings (SSSR count). The lowest BCUT2D eigenvalue weighted by Crippen LogP contribution is -2.22. The maximum atomic E-state index is 6.20. The van der Waals surface area contributed by atoms with Crippen LogP contribution in [0.3, 0.4) is 0 Å². The van der Waals surface area contributed by atoms with Crippen molar-refractivity contribution in [3.05, 3.63) is 29.8 Å². The first kappa shape index (κ1) is 16.0. The van der Waals surface area contributed by atoms with Crippen LogP contribution >= 0.6 is 0 Å². The number of methoxy groups -OCH3 is 1. The number of unbranched alkanes of at least 4 members (excludes halogenated alkanes) is 5. The van der Waals surface area contributed by atoms with Crippen LogP contribution in [0.4, 0.5) is 0 Å². The van der Waals surface area contributed by atoms with Crippen LogP contribution in [0.2, 0.25) is 0 Å². The normalized spacial score (nSPS) is 12.4. The first-order chi connectivity index (χ1) is 9.26. The molecule has 0 fully saturated rings. The van der Waals surface area contributed by atoms with Crippen molar-refractivity contribution in [1.29, 1.82) is 0 Å². The Kier molecular flexibility index (Phi) is 8.31. The van der Waals surface area contributed by atoms with Gasteiger partial charge in [-0.15, -0.1) is 0 Å². The third kappa shape index (κ3) is 7.22. The Balaban J connectivity index is 2.17. The molecule has 2 N–H and O–H groups in total. The molecule has 1 aromatic carbocycles. The topological polar surface area (TPSA) is 35.2 Å². The minimum Gasteiger partial charge on any atom is -0.497 e. The summed E-state index contributed by atoms with van der Waals surface area (Å²) in [6, 6.07) is 8.50. The van der Waals surface area contributed by atoms with Gasteiger partial charge in [-0.05, 0) is 30.5 Å². The SMILES string of the molecule is CCCCCCCCC(N)Cc1cccc(OC)c1. The fourth-order valence-corrected chi connectivity index (χ4v) is 2.39. The molecule has 0 saturated heterocycles. The summed E-state index contributed by atoms with van der Waals surface area (Å²) in [5, 5.41) is 0. The van der Waals surface area contributed by atoms with Crippen molar-refractivity contribution in [3.63, 3.8) is 0 Å². The summed E-state index contributed by atoms with van der Waals surface area (Å²) >= 11 is 0. The van der Waals surface area contributed by atoms with Gasteiger partial charge in [0.25, 0.3) is 0 Å². The van der Waals surface area contributed by atoms with Crippen LogP contribution in [0, 0.1) is 0 Å². The second-order valence-corrected chi connectivity index (χ2v) is 5.37. The lowest BCUT2D eigenvalue weighted by Gasteiger charge is -2.12. The smallest absolute Gasteiger partial charge is 0.119 e. The highest BCUT2D eigenvalue weighted by Gasteiger charge is 2.05. The molecule has 1 aromatic rings. The van der Waals surface area contributed by atoms with Gasteiger partial charge in [0.1, 0.15) is 5.75 Å². The van der Waals surface area contributed by atoms with Crippen molar-refractivity contribution < 1.29 is 4.74 Å². The van der Waals surface area contributed by atoms with Gasteiger partial charge >= 0.3 is 0 Å². The first-order valence-electron chi connectivity index (χ1n) is 7.64. The van der Waals surface area contributed by atoms with E-state index in [-0.39, 0.29) is 6.04 Å². The van der Waals surface area contributed by atoms with Crippen LogP contribution in [-0.4, -0.2) is 13.2 Å². The molecule has 108 valence electrons. The summed E-state index contributed by atoms with van der Waals surface area (Å²) in [5.41, 5.74) is 7.47. The lowest BCUT2D eigenvalue weighted by molar-refractivity contribution is 0.414. The summed E-state index contributed by atoms with van der Waals surface area (Å²) < 4.78 is 5.23. The lowest BCUT2D eigenvalue weighted by atomic mass is 10.0. The number of benzene rings is 1. The number of hydrogen-bond acceptors (Lipinski definition) is 2. The number of rotatable bonds is 10. The maximum absolute atomic E-state index is 6.20. The van der Waals surface area contributed by atoms with Gasteiger partial charge in [0.15, 0.2) is 0 Å². The summed E-state index contributed by atoms with van der Waals surface area (Å²) in [6.07, 6.45) is 10.1. The molecule has 0 aromatic heterocycles. The van der Waals surface area contributed by atoms with Crippen LogP contribution in [0.15, 0.2) is 24.3 Å². The molecule has 2 heteroatoms.